The molecule has 1 aliphatic rings. The minimum atomic E-state index is 0. The fraction of sp³-hybridized carbons (Fsp3) is 0.500. The van der Waals surface area contributed by atoms with E-state index in [1.807, 2.05) is 16.9 Å². The van der Waals surface area contributed by atoms with E-state index in [4.69, 9.17) is 4.99 Å². The van der Waals surface area contributed by atoms with E-state index in [1.165, 1.54) is 18.4 Å². The molecule has 1 aliphatic heterocycles. The van der Waals surface area contributed by atoms with Crippen LogP contribution in [0.1, 0.15) is 37.8 Å². The number of likely N-dealkylation sites (tertiary alicyclic amines) is 1. The Labute approximate surface area is 173 Å². The fourth-order valence-electron chi connectivity index (χ4n) is 3.16. The van der Waals surface area contributed by atoms with Gasteiger partial charge in [0, 0.05) is 31.4 Å². The van der Waals surface area contributed by atoms with E-state index >= 15 is 0 Å². The predicted octanol–water partition coefficient (Wildman–Crippen LogP) is 3.75. The lowest BCUT2D eigenvalue weighted by atomic mass is 10.00. The van der Waals surface area contributed by atoms with Crippen molar-refractivity contribution in [2.75, 3.05) is 19.6 Å². The Balaban J connectivity index is 0.00000243. The zero-order valence-electron chi connectivity index (χ0n) is 15.8. The monoisotopic (exact) mass is 467 g/mol. The number of hydrogen-bond donors (Lipinski definition) is 1. The third kappa shape index (κ3) is 6.00. The van der Waals surface area contributed by atoms with Crippen LogP contribution in [-0.4, -0.2) is 40.3 Å². The highest BCUT2D eigenvalue weighted by Crippen LogP contribution is 2.16. The van der Waals surface area contributed by atoms with Crippen molar-refractivity contribution in [3.8, 4) is 0 Å². The summed E-state index contributed by atoms with van der Waals surface area (Å²) in [6, 6.07) is 10.4. The molecule has 1 aromatic carbocycles. The Morgan fingerprint density at radius 2 is 1.92 bits per heavy atom. The van der Waals surface area contributed by atoms with Crippen LogP contribution < -0.4 is 5.32 Å². The van der Waals surface area contributed by atoms with Crippen molar-refractivity contribution in [2.24, 2.45) is 10.9 Å². The van der Waals surface area contributed by atoms with Crippen molar-refractivity contribution in [1.82, 2.24) is 20.0 Å². The van der Waals surface area contributed by atoms with E-state index in [1.54, 1.807) is 0 Å². The van der Waals surface area contributed by atoms with Gasteiger partial charge in [0.05, 0.1) is 19.3 Å². The first-order chi connectivity index (χ1) is 12.2. The SMILES string of the molecule is CCNC(=NCc1cnn(Cc2ccccc2)c1)N1CCC(C)CC1.I. The van der Waals surface area contributed by atoms with Gasteiger partial charge in [-0.15, -0.1) is 24.0 Å². The van der Waals surface area contributed by atoms with Crippen molar-refractivity contribution in [2.45, 2.75) is 39.8 Å². The van der Waals surface area contributed by atoms with Gasteiger partial charge in [0.25, 0.3) is 0 Å². The van der Waals surface area contributed by atoms with Gasteiger partial charge in [-0.25, -0.2) is 4.99 Å². The van der Waals surface area contributed by atoms with Crippen LogP contribution in [0.4, 0.5) is 0 Å². The van der Waals surface area contributed by atoms with Crippen molar-refractivity contribution >= 4 is 29.9 Å². The van der Waals surface area contributed by atoms with Crippen LogP contribution in [0.5, 0.6) is 0 Å². The van der Waals surface area contributed by atoms with Crippen LogP contribution in [0.25, 0.3) is 0 Å². The molecular formula is C20H30IN5. The van der Waals surface area contributed by atoms with Crippen LogP contribution in [0.3, 0.4) is 0 Å². The van der Waals surface area contributed by atoms with Crippen LogP contribution >= 0.6 is 24.0 Å². The van der Waals surface area contributed by atoms with E-state index in [0.717, 1.165) is 43.6 Å². The first-order valence-electron chi connectivity index (χ1n) is 9.33. The first kappa shape index (κ1) is 20.7. The largest absolute Gasteiger partial charge is 0.357 e. The maximum absolute atomic E-state index is 4.83. The summed E-state index contributed by atoms with van der Waals surface area (Å²) in [4.78, 5) is 7.22. The van der Waals surface area contributed by atoms with Gasteiger partial charge in [-0.1, -0.05) is 37.3 Å². The minimum absolute atomic E-state index is 0. The molecule has 0 amide bonds. The maximum atomic E-state index is 4.83. The standard InChI is InChI=1S/C20H29N5.HI/c1-3-21-20(24-11-9-17(2)10-12-24)22-13-19-14-23-25(16-19)15-18-7-5-4-6-8-18;/h4-8,14,16-17H,3,9-13,15H2,1-2H3,(H,21,22);1H. The van der Waals surface area contributed by atoms with Crippen LogP contribution in [0.2, 0.25) is 0 Å². The van der Waals surface area contributed by atoms with Crippen molar-refractivity contribution in [1.29, 1.82) is 0 Å². The molecule has 0 spiro atoms. The number of aliphatic imine (C=N–C) groups is 1. The fourth-order valence-corrected chi connectivity index (χ4v) is 3.16. The van der Waals surface area contributed by atoms with Gasteiger partial charge in [-0.2, -0.15) is 5.10 Å². The molecule has 2 aromatic rings. The summed E-state index contributed by atoms with van der Waals surface area (Å²) < 4.78 is 1.98. The van der Waals surface area contributed by atoms with Gasteiger partial charge in [-0.3, -0.25) is 4.68 Å². The Bertz CT molecular complexity index is 675. The summed E-state index contributed by atoms with van der Waals surface area (Å²) in [5.74, 6) is 1.86. The number of piperidine rings is 1. The zero-order valence-corrected chi connectivity index (χ0v) is 18.1. The Morgan fingerprint density at radius 1 is 1.19 bits per heavy atom. The second-order valence-corrected chi connectivity index (χ2v) is 6.87. The number of halogens is 1. The van der Waals surface area contributed by atoms with Gasteiger partial charge in [0.1, 0.15) is 0 Å². The molecule has 0 bridgehead atoms. The average Bonchev–Trinajstić information content (AvgIpc) is 3.08. The molecule has 1 N–H and O–H groups in total. The zero-order chi connectivity index (χ0) is 17.5. The van der Waals surface area contributed by atoms with Gasteiger partial charge >= 0.3 is 0 Å². The smallest absolute Gasteiger partial charge is 0.194 e. The molecule has 0 unspecified atom stereocenters. The summed E-state index contributed by atoms with van der Waals surface area (Å²) in [6.45, 7) is 9.03. The number of aromatic nitrogens is 2. The molecule has 0 radical (unpaired) electrons. The van der Waals surface area contributed by atoms with Crippen LogP contribution in [0.15, 0.2) is 47.7 Å². The molecule has 3 rings (SSSR count). The van der Waals surface area contributed by atoms with E-state index in [0.29, 0.717) is 6.54 Å². The molecule has 0 atom stereocenters. The number of rotatable bonds is 5. The highest BCUT2D eigenvalue weighted by Gasteiger charge is 2.18. The molecule has 0 aliphatic carbocycles. The van der Waals surface area contributed by atoms with E-state index in [2.05, 4.69) is 59.6 Å². The third-order valence-electron chi connectivity index (χ3n) is 4.70. The predicted molar refractivity (Wildman–Crippen MR) is 118 cm³/mol. The minimum Gasteiger partial charge on any atom is -0.357 e. The Morgan fingerprint density at radius 3 is 2.62 bits per heavy atom. The van der Waals surface area contributed by atoms with E-state index in [9.17, 15) is 0 Å². The number of guanidine groups is 1. The molecule has 26 heavy (non-hydrogen) atoms. The van der Waals surface area contributed by atoms with Gasteiger partial charge in [-0.05, 0) is 31.2 Å². The van der Waals surface area contributed by atoms with Crippen molar-refractivity contribution in [3.63, 3.8) is 0 Å². The Kier molecular flexibility index (Phi) is 8.41. The number of nitrogens with one attached hydrogen (secondary N) is 1. The second-order valence-electron chi connectivity index (χ2n) is 6.87. The first-order valence-corrected chi connectivity index (χ1v) is 9.33. The molecule has 1 saturated heterocycles. The molecule has 1 fully saturated rings. The topological polar surface area (TPSA) is 45.5 Å². The summed E-state index contributed by atoms with van der Waals surface area (Å²) >= 11 is 0. The lowest BCUT2D eigenvalue weighted by Gasteiger charge is -2.32. The van der Waals surface area contributed by atoms with Gasteiger partial charge in [0.15, 0.2) is 5.96 Å². The summed E-state index contributed by atoms with van der Waals surface area (Å²) in [5, 5.41) is 7.90. The summed E-state index contributed by atoms with van der Waals surface area (Å²) in [6.07, 6.45) is 6.52. The normalized spacial score (nSPS) is 15.6. The molecule has 0 saturated carbocycles. The lowest BCUT2D eigenvalue weighted by Crippen LogP contribution is -2.45. The average molecular weight is 467 g/mol. The summed E-state index contributed by atoms with van der Waals surface area (Å²) in [7, 11) is 0. The number of hydrogen-bond acceptors (Lipinski definition) is 2. The molecular weight excluding hydrogens is 437 g/mol. The Hall–Kier alpha value is -1.57. The highest BCUT2D eigenvalue weighted by molar-refractivity contribution is 14.0. The van der Waals surface area contributed by atoms with Gasteiger partial charge in [0.2, 0.25) is 0 Å². The summed E-state index contributed by atoms with van der Waals surface area (Å²) in [5.41, 5.74) is 2.41. The highest BCUT2D eigenvalue weighted by atomic mass is 127. The number of benzene rings is 1. The molecule has 5 nitrogen and oxygen atoms in total. The molecule has 142 valence electrons. The number of nitrogens with zero attached hydrogens (tertiary/aromatic N) is 4. The van der Waals surface area contributed by atoms with Crippen molar-refractivity contribution in [3.05, 3.63) is 53.9 Å². The molecule has 6 heteroatoms. The molecule has 1 aromatic heterocycles. The van der Waals surface area contributed by atoms with E-state index < -0.39 is 0 Å². The molecule has 2 heterocycles. The quantitative estimate of drug-likeness (QED) is 0.414. The van der Waals surface area contributed by atoms with Crippen molar-refractivity contribution < 1.29 is 0 Å². The van der Waals surface area contributed by atoms with Crippen LogP contribution in [0, 0.1) is 5.92 Å². The second kappa shape index (κ2) is 10.5. The maximum Gasteiger partial charge on any atom is 0.194 e. The lowest BCUT2D eigenvalue weighted by molar-refractivity contribution is 0.273. The van der Waals surface area contributed by atoms with E-state index in [-0.39, 0.29) is 24.0 Å². The third-order valence-corrected chi connectivity index (χ3v) is 4.70. The van der Waals surface area contributed by atoms with Crippen LogP contribution in [-0.2, 0) is 13.1 Å². The van der Waals surface area contributed by atoms with Gasteiger partial charge < -0.3 is 10.2 Å².